The Bertz CT molecular complexity index is 1010. The molecule has 8 heteroatoms. The van der Waals surface area contributed by atoms with E-state index in [0.717, 1.165) is 75.6 Å². The highest BCUT2D eigenvalue weighted by Crippen LogP contribution is 2.36. The minimum atomic E-state index is 0.278. The summed E-state index contributed by atoms with van der Waals surface area (Å²) in [6.07, 6.45) is 16.3. The van der Waals surface area contributed by atoms with E-state index in [1.165, 1.54) is 61.9 Å². The Kier molecular flexibility index (Phi) is 6.14. The number of aromatic amines is 1. The lowest BCUT2D eigenvalue weighted by molar-refractivity contribution is -0.119. The molecule has 1 amide bonds. The van der Waals surface area contributed by atoms with Gasteiger partial charge in [0.15, 0.2) is 5.82 Å². The molecule has 0 aromatic carbocycles. The predicted octanol–water partition coefficient (Wildman–Crippen LogP) is 4.46. The second-order valence-electron chi connectivity index (χ2n) is 10.6. The van der Waals surface area contributed by atoms with Crippen molar-refractivity contribution in [2.75, 3.05) is 23.3 Å². The minimum Gasteiger partial charge on any atom is -0.340 e. The van der Waals surface area contributed by atoms with Gasteiger partial charge in [0, 0.05) is 36.3 Å². The summed E-state index contributed by atoms with van der Waals surface area (Å²) >= 11 is 0. The van der Waals surface area contributed by atoms with Crippen molar-refractivity contribution < 1.29 is 4.79 Å². The molecule has 4 aliphatic rings. The van der Waals surface area contributed by atoms with Gasteiger partial charge in [-0.3, -0.25) is 9.89 Å². The molecule has 2 N–H and O–H groups in total. The number of carbonyl (C=O) groups is 1. The Hall–Kier alpha value is -2.64. The molecule has 2 aliphatic carbocycles. The number of hydrogen-bond donors (Lipinski definition) is 2. The zero-order valence-electron chi connectivity index (χ0n) is 20.1. The molecule has 3 fully saturated rings. The second kappa shape index (κ2) is 9.55. The van der Waals surface area contributed by atoms with Crippen molar-refractivity contribution in [2.45, 2.75) is 101 Å². The highest BCUT2D eigenvalue weighted by Gasteiger charge is 2.39. The summed E-state index contributed by atoms with van der Waals surface area (Å²) in [5.41, 5.74) is 3.69. The topological polar surface area (TPSA) is 90.0 Å². The first-order chi connectivity index (χ1) is 16.8. The highest BCUT2D eigenvalue weighted by atomic mass is 16.1. The summed E-state index contributed by atoms with van der Waals surface area (Å²) in [4.78, 5) is 26.2. The van der Waals surface area contributed by atoms with Gasteiger partial charge in [0.1, 0.15) is 5.82 Å². The lowest BCUT2D eigenvalue weighted by atomic mass is 9.87. The minimum absolute atomic E-state index is 0.278. The molecule has 6 rings (SSSR count). The molecular formula is C26H37N7O. The summed E-state index contributed by atoms with van der Waals surface area (Å²) in [7, 11) is 0. The van der Waals surface area contributed by atoms with Gasteiger partial charge >= 0.3 is 0 Å². The number of fused-ring (bicyclic) bond motifs is 1. The van der Waals surface area contributed by atoms with Gasteiger partial charge in [-0.1, -0.05) is 19.3 Å². The number of likely N-dealkylation sites (tertiary alicyclic amines) is 1. The Labute approximate surface area is 201 Å². The quantitative estimate of drug-likeness (QED) is 0.615. The summed E-state index contributed by atoms with van der Waals surface area (Å²) in [5, 5.41) is 11.5. The van der Waals surface area contributed by atoms with Crippen LogP contribution in [0.1, 0.15) is 93.5 Å². The highest BCUT2D eigenvalue weighted by molar-refractivity contribution is 5.60. The van der Waals surface area contributed by atoms with E-state index in [1.807, 2.05) is 4.90 Å². The fourth-order valence-electron chi connectivity index (χ4n) is 6.76. The van der Waals surface area contributed by atoms with Gasteiger partial charge in [0.05, 0.1) is 17.8 Å². The summed E-state index contributed by atoms with van der Waals surface area (Å²) in [5.74, 6) is 3.21. The molecule has 8 nitrogen and oxygen atoms in total. The van der Waals surface area contributed by atoms with Crippen molar-refractivity contribution in [3.8, 4) is 0 Å². The van der Waals surface area contributed by atoms with Crippen LogP contribution in [0, 0.1) is 0 Å². The number of aromatic nitrogens is 4. The number of anilines is 3. The van der Waals surface area contributed by atoms with Gasteiger partial charge in [-0.05, 0) is 64.2 Å². The van der Waals surface area contributed by atoms with Gasteiger partial charge in [0.2, 0.25) is 12.4 Å². The van der Waals surface area contributed by atoms with Crippen LogP contribution in [0.2, 0.25) is 0 Å². The number of hydrogen-bond acceptors (Lipinski definition) is 6. The van der Waals surface area contributed by atoms with Crippen molar-refractivity contribution in [1.82, 2.24) is 25.1 Å². The smallest absolute Gasteiger partial charge is 0.227 e. The number of H-pyrrole nitrogens is 1. The van der Waals surface area contributed by atoms with Gasteiger partial charge in [-0.15, -0.1) is 0 Å². The molecule has 34 heavy (non-hydrogen) atoms. The van der Waals surface area contributed by atoms with Crippen LogP contribution in [-0.4, -0.2) is 56.6 Å². The first-order valence-corrected chi connectivity index (χ1v) is 13.5. The van der Waals surface area contributed by atoms with E-state index in [1.54, 1.807) is 0 Å². The summed E-state index contributed by atoms with van der Waals surface area (Å²) in [6, 6.07) is 2.78. The van der Waals surface area contributed by atoms with Gasteiger partial charge in [-0.2, -0.15) is 10.1 Å². The van der Waals surface area contributed by atoms with Crippen LogP contribution in [-0.2, 0) is 17.6 Å². The standard InChI is InChI=1S/C26H37N7O/c34-17-32-14-6-12-22(32)23-13-7-15-33(23)26-27-20-11-5-4-10-19(20)25(29-26)28-24-16-21(30-31-24)18-8-2-1-3-9-18/h16-18,22-23H,1-15H2,(H2,27,28,29,30,31). The maximum absolute atomic E-state index is 11.6. The average molecular weight is 464 g/mol. The molecule has 1 saturated carbocycles. The van der Waals surface area contributed by atoms with E-state index >= 15 is 0 Å². The lowest BCUT2D eigenvalue weighted by Gasteiger charge is -2.34. The summed E-state index contributed by atoms with van der Waals surface area (Å²) in [6.45, 7) is 1.83. The number of aryl methyl sites for hydroxylation is 1. The molecule has 0 spiro atoms. The fourth-order valence-corrected chi connectivity index (χ4v) is 6.76. The van der Waals surface area contributed by atoms with Crippen LogP contribution in [0.25, 0.3) is 0 Å². The third kappa shape index (κ3) is 4.16. The van der Waals surface area contributed by atoms with E-state index in [0.29, 0.717) is 12.0 Å². The zero-order valence-corrected chi connectivity index (χ0v) is 20.1. The maximum Gasteiger partial charge on any atom is 0.227 e. The van der Waals surface area contributed by atoms with Crippen LogP contribution in [0.4, 0.5) is 17.6 Å². The van der Waals surface area contributed by atoms with Gasteiger partial charge in [-0.25, -0.2) is 4.98 Å². The van der Waals surface area contributed by atoms with Crippen LogP contribution in [0.15, 0.2) is 6.07 Å². The van der Waals surface area contributed by atoms with E-state index in [4.69, 9.17) is 9.97 Å². The molecule has 2 aromatic rings. The largest absolute Gasteiger partial charge is 0.340 e. The lowest BCUT2D eigenvalue weighted by Crippen LogP contribution is -2.46. The van der Waals surface area contributed by atoms with Crippen molar-refractivity contribution in [3.63, 3.8) is 0 Å². The van der Waals surface area contributed by atoms with Crippen LogP contribution in [0.5, 0.6) is 0 Å². The Morgan fingerprint density at radius 3 is 2.62 bits per heavy atom. The molecule has 0 radical (unpaired) electrons. The molecule has 4 heterocycles. The molecule has 2 atom stereocenters. The number of rotatable bonds is 6. The molecule has 2 unspecified atom stereocenters. The monoisotopic (exact) mass is 463 g/mol. The van der Waals surface area contributed by atoms with Gasteiger partial charge in [0.25, 0.3) is 0 Å². The van der Waals surface area contributed by atoms with Crippen LogP contribution < -0.4 is 10.2 Å². The number of carbonyl (C=O) groups excluding carboxylic acids is 1. The maximum atomic E-state index is 11.6. The molecule has 2 saturated heterocycles. The van der Waals surface area contributed by atoms with Crippen molar-refractivity contribution in [1.29, 1.82) is 0 Å². The van der Waals surface area contributed by atoms with Crippen LogP contribution in [0.3, 0.4) is 0 Å². The molecule has 182 valence electrons. The molecule has 2 aliphatic heterocycles. The second-order valence-corrected chi connectivity index (χ2v) is 10.6. The first-order valence-electron chi connectivity index (χ1n) is 13.5. The van der Waals surface area contributed by atoms with E-state index in [2.05, 4.69) is 26.5 Å². The SMILES string of the molecule is O=CN1CCCC1C1CCCN1c1nc2c(c(Nc3cc(C4CCCCC4)[nH]n3)n1)CCCC2. The average Bonchev–Trinajstić information content (AvgIpc) is 3.64. The third-order valence-corrected chi connectivity index (χ3v) is 8.54. The van der Waals surface area contributed by atoms with Crippen molar-refractivity contribution in [3.05, 3.63) is 23.0 Å². The molecule has 2 aromatic heterocycles. The van der Waals surface area contributed by atoms with Crippen LogP contribution >= 0.6 is 0 Å². The summed E-state index contributed by atoms with van der Waals surface area (Å²) < 4.78 is 0. The Morgan fingerprint density at radius 2 is 1.74 bits per heavy atom. The number of amides is 1. The molecule has 0 bridgehead atoms. The van der Waals surface area contributed by atoms with Gasteiger partial charge < -0.3 is 15.1 Å². The predicted molar refractivity (Wildman–Crippen MR) is 133 cm³/mol. The Morgan fingerprint density at radius 1 is 0.912 bits per heavy atom. The normalized spacial score (nSPS) is 25.5. The van der Waals surface area contributed by atoms with Crippen molar-refractivity contribution >= 4 is 24.0 Å². The first kappa shape index (κ1) is 21.9. The molecular weight excluding hydrogens is 426 g/mol. The van der Waals surface area contributed by atoms with E-state index in [-0.39, 0.29) is 6.04 Å². The van der Waals surface area contributed by atoms with E-state index in [9.17, 15) is 4.79 Å². The van der Waals surface area contributed by atoms with E-state index < -0.39 is 0 Å². The Balaban J connectivity index is 1.28. The fraction of sp³-hybridized carbons (Fsp3) is 0.692. The number of nitrogens with zero attached hydrogens (tertiary/aromatic N) is 5. The third-order valence-electron chi connectivity index (χ3n) is 8.54. The zero-order chi connectivity index (χ0) is 22.9. The van der Waals surface area contributed by atoms with Crippen molar-refractivity contribution in [2.24, 2.45) is 0 Å². The number of nitrogens with one attached hydrogen (secondary N) is 2.